The molecule has 108 valence electrons. The molecule has 7 heteroatoms. The van der Waals surface area contributed by atoms with Crippen LogP contribution in [0.5, 0.6) is 5.75 Å². The van der Waals surface area contributed by atoms with E-state index >= 15 is 0 Å². The molecule has 3 rings (SSSR count). The van der Waals surface area contributed by atoms with E-state index in [0.717, 1.165) is 30.0 Å². The number of hydrogen-bond donors (Lipinski definition) is 1. The lowest BCUT2D eigenvalue weighted by atomic mass is 10.0. The summed E-state index contributed by atoms with van der Waals surface area (Å²) in [6, 6.07) is 9.61. The molecule has 0 aliphatic heterocycles. The van der Waals surface area contributed by atoms with E-state index < -0.39 is 0 Å². The van der Waals surface area contributed by atoms with Crippen molar-refractivity contribution < 1.29 is 9.26 Å². The average Bonchev–Trinajstić information content (AvgIpc) is 3.01. The standard InChI is InChI=1S/C14H10Br2N2O2S/c1-19-8-4-2-7(3-5-8)11-12(18-20-14(11)17)9-6-10(15)21-13(9)16/h2-6H,17H2,1H3. The van der Waals surface area contributed by atoms with Crippen LogP contribution in [-0.2, 0) is 0 Å². The second-order valence-corrected chi connectivity index (χ2v) is 7.99. The molecule has 21 heavy (non-hydrogen) atoms. The summed E-state index contributed by atoms with van der Waals surface area (Å²) >= 11 is 8.58. The molecular weight excluding hydrogens is 420 g/mol. The van der Waals surface area contributed by atoms with Gasteiger partial charge in [0.1, 0.15) is 11.4 Å². The van der Waals surface area contributed by atoms with Crippen LogP contribution in [0.15, 0.2) is 42.4 Å². The van der Waals surface area contributed by atoms with Gasteiger partial charge in [-0.05, 0) is 55.6 Å². The molecule has 3 aromatic rings. The predicted octanol–water partition coefficient (Wildman–Crippen LogP) is 5.19. The van der Waals surface area contributed by atoms with Crippen molar-refractivity contribution in [3.8, 4) is 28.1 Å². The lowest BCUT2D eigenvalue weighted by Crippen LogP contribution is -1.88. The Morgan fingerprint density at radius 1 is 1.24 bits per heavy atom. The quantitative estimate of drug-likeness (QED) is 0.622. The summed E-state index contributed by atoms with van der Waals surface area (Å²) in [5.41, 5.74) is 9.32. The summed E-state index contributed by atoms with van der Waals surface area (Å²) in [5, 5.41) is 4.10. The first-order valence-corrected chi connectivity index (χ1v) is 8.35. The summed E-state index contributed by atoms with van der Waals surface area (Å²) in [7, 11) is 1.63. The van der Waals surface area contributed by atoms with Gasteiger partial charge in [-0.15, -0.1) is 11.3 Å². The molecule has 4 nitrogen and oxygen atoms in total. The second kappa shape index (κ2) is 5.82. The van der Waals surface area contributed by atoms with Gasteiger partial charge in [-0.3, -0.25) is 0 Å². The van der Waals surface area contributed by atoms with E-state index in [0.29, 0.717) is 11.6 Å². The first kappa shape index (κ1) is 14.6. The molecule has 0 spiro atoms. The Hall–Kier alpha value is -1.31. The minimum atomic E-state index is 0.296. The highest BCUT2D eigenvalue weighted by Crippen LogP contribution is 2.43. The Bertz CT molecular complexity index is 781. The number of nitrogens with two attached hydrogens (primary N) is 1. The minimum Gasteiger partial charge on any atom is -0.497 e. The van der Waals surface area contributed by atoms with Gasteiger partial charge in [0.05, 0.1) is 20.2 Å². The van der Waals surface area contributed by atoms with Crippen LogP contribution >= 0.6 is 43.2 Å². The molecule has 0 saturated heterocycles. The Kier molecular flexibility index (Phi) is 4.05. The van der Waals surface area contributed by atoms with Gasteiger partial charge in [-0.2, -0.15) is 0 Å². The monoisotopic (exact) mass is 428 g/mol. The SMILES string of the molecule is COc1ccc(-c2c(-c3cc(Br)sc3Br)noc2N)cc1. The first-order chi connectivity index (χ1) is 10.1. The van der Waals surface area contributed by atoms with Crippen LogP contribution in [0.3, 0.4) is 0 Å². The lowest BCUT2D eigenvalue weighted by Gasteiger charge is -2.04. The van der Waals surface area contributed by atoms with Crippen LogP contribution < -0.4 is 10.5 Å². The van der Waals surface area contributed by atoms with E-state index in [4.69, 9.17) is 15.0 Å². The number of benzene rings is 1. The number of ether oxygens (including phenoxy) is 1. The molecule has 0 aliphatic carbocycles. The maximum absolute atomic E-state index is 5.95. The summed E-state index contributed by atoms with van der Waals surface area (Å²) in [4.78, 5) is 0. The summed E-state index contributed by atoms with van der Waals surface area (Å²) in [6.07, 6.45) is 0. The van der Waals surface area contributed by atoms with Crippen LogP contribution in [0.25, 0.3) is 22.4 Å². The van der Waals surface area contributed by atoms with Crippen LogP contribution in [0.2, 0.25) is 0 Å². The third-order valence-electron chi connectivity index (χ3n) is 3.01. The molecule has 1 aromatic carbocycles. The van der Waals surface area contributed by atoms with E-state index in [1.165, 1.54) is 0 Å². The molecule has 0 atom stereocenters. The van der Waals surface area contributed by atoms with Gasteiger partial charge in [0.25, 0.3) is 0 Å². The zero-order valence-corrected chi connectivity index (χ0v) is 14.9. The van der Waals surface area contributed by atoms with E-state index in [1.54, 1.807) is 18.4 Å². The van der Waals surface area contributed by atoms with Crippen LogP contribution in [-0.4, -0.2) is 12.3 Å². The first-order valence-electron chi connectivity index (χ1n) is 5.95. The smallest absolute Gasteiger partial charge is 0.230 e. The summed E-state index contributed by atoms with van der Waals surface area (Å²) in [6.45, 7) is 0. The van der Waals surface area contributed by atoms with Gasteiger partial charge in [0, 0.05) is 5.56 Å². The highest BCUT2D eigenvalue weighted by Gasteiger charge is 2.20. The number of anilines is 1. The molecule has 2 aromatic heterocycles. The van der Waals surface area contributed by atoms with Crippen molar-refractivity contribution in [2.75, 3.05) is 12.8 Å². The molecule has 2 N–H and O–H groups in total. The predicted molar refractivity (Wildman–Crippen MR) is 91.6 cm³/mol. The largest absolute Gasteiger partial charge is 0.497 e. The number of nitrogen functional groups attached to an aromatic ring is 1. The van der Waals surface area contributed by atoms with E-state index in [-0.39, 0.29) is 0 Å². The van der Waals surface area contributed by atoms with E-state index in [2.05, 4.69) is 37.0 Å². The fraction of sp³-hybridized carbons (Fsp3) is 0.0714. The molecule has 2 heterocycles. The Labute approximate surface area is 142 Å². The van der Waals surface area contributed by atoms with Crippen molar-refractivity contribution >= 4 is 49.1 Å². The Morgan fingerprint density at radius 2 is 1.95 bits per heavy atom. The van der Waals surface area contributed by atoms with Crippen molar-refractivity contribution in [3.05, 3.63) is 37.9 Å². The van der Waals surface area contributed by atoms with Gasteiger partial charge >= 0.3 is 0 Å². The van der Waals surface area contributed by atoms with Crippen molar-refractivity contribution in [2.24, 2.45) is 0 Å². The number of rotatable bonds is 3. The van der Waals surface area contributed by atoms with Gasteiger partial charge in [-0.25, -0.2) is 0 Å². The third kappa shape index (κ3) is 2.73. The van der Waals surface area contributed by atoms with Crippen LogP contribution in [0.1, 0.15) is 0 Å². The number of thiophene rings is 1. The number of aromatic nitrogens is 1. The van der Waals surface area contributed by atoms with Crippen molar-refractivity contribution in [3.63, 3.8) is 0 Å². The summed E-state index contributed by atoms with van der Waals surface area (Å²) < 4.78 is 12.3. The Morgan fingerprint density at radius 3 is 2.52 bits per heavy atom. The lowest BCUT2D eigenvalue weighted by molar-refractivity contribution is 0.415. The number of halogens is 2. The van der Waals surface area contributed by atoms with Crippen LogP contribution in [0.4, 0.5) is 5.88 Å². The molecule has 0 radical (unpaired) electrons. The fourth-order valence-electron chi connectivity index (χ4n) is 2.03. The van der Waals surface area contributed by atoms with Gasteiger partial charge in [0.15, 0.2) is 0 Å². The maximum Gasteiger partial charge on any atom is 0.230 e. The number of methoxy groups -OCH3 is 1. The molecular formula is C14H10Br2N2O2S. The van der Waals surface area contributed by atoms with Gasteiger partial charge in [0.2, 0.25) is 5.88 Å². The van der Waals surface area contributed by atoms with E-state index in [1.807, 2.05) is 30.3 Å². The fourth-order valence-corrected chi connectivity index (χ4v) is 4.83. The van der Waals surface area contributed by atoms with Crippen LogP contribution in [0, 0.1) is 0 Å². The number of nitrogens with zero attached hydrogens (tertiary/aromatic N) is 1. The number of hydrogen-bond acceptors (Lipinski definition) is 5. The molecule has 0 aliphatic rings. The Balaban J connectivity index is 2.14. The maximum atomic E-state index is 5.95. The zero-order chi connectivity index (χ0) is 15.0. The van der Waals surface area contributed by atoms with Crippen molar-refractivity contribution in [1.82, 2.24) is 5.16 Å². The van der Waals surface area contributed by atoms with Gasteiger partial charge < -0.3 is 15.0 Å². The third-order valence-corrected chi connectivity index (χ3v) is 5.35. The topological polar surface area (TPSA) is 61.3 Å². The second-order valence-electron chi connectivity index (χ2n) is 4.24. The highest BCUT2D eigenvalue weighted by atomic mass is 79.9. The molecule has 0 unspecified atom stereocenters. The van der Waals surface area contributed by atoms with E-state index in [9.17, 15) is 0 Å². The molecule has 0 saturated carbocycles. The average molecular weight is 430 g/mol. The van der Waals surface area contributed by atoms with Gasteiger partial charge in [-0.1, -0.05) is 17.3 Å². The molecule has 0 bridgehead atoms. The highest BCUT2D eigenvalue weighted by molar-refractivity contribution is 9.12. The summed E-state index contributed by atoms with van der Waals surface area (Å²) in [5.74, 6) is 1.08. The van der Waals surface area contributed by atoms with Crippen molar-refractivity contribution in [1.29, 1.82) is 0 Å². The molecule has 0 amide bonds. The normalized spacial score (nSPS) is 10.8. The zero-order valence-electron chi connectivity index (χ0n) is 10.9. The minimum absolute atomic E-state index is 0.296. The van der Waals surface area contributed by atoms with Crippen molar-refractivity contribution in [2.45, 2.75) is 0 Å². The molecule has 0 fully saturated rings.